The minimum absolute atomic E-state index is 0.119. The van der Waals surface area contributed by atoms with Gasteiger partial charge in [-0.2, -0.15) is 0 Å². The maximum Gasteiger partial charge on any atom is 0.0580 e. The molecule has 0 saturated heterocycles. The van der Waals surface area contributed by atoms with Gasteiger partial charge in [0.1, 0.15) is 0 Å². The smallest absolute Gasteiger partial charge is 0.0580 e. The van der Waals surface area contributed by atoms with Crippen molar-refractivity contribution in [3.63, 3.8) is 0 Å². The van der Waals surface area contributed by atoms with E-state index in [9.17, 15) is 0 Å². The molecule has 2 rings (SSSR count). The third-order valence-electron chi connectivity index (χ3n) is 2.84. The van der Waals surface area contributed by atoms with Gasteiger partial charge in [0.25, 0.3) is 0 Å². The number of nitrogens with one attached hydrogen (secondary N) is 2. The van der Waals surface area contributed by atoms with E-state index in [1.165, 1.54) is 11.4 Å². The topological polar surface area (TPSA) is 24.1 Å². The molecule has 1 aliphatic heterocycles. The van der Waals surface area contributed by atoms with Crippen LogP contribution in [0.4, 0.5) is 11.4 Å². The Morgan fingerprint density at radius 3 is 2.46 bits per heavy atom. The Morgan fingerprint density at radius 2 is 1.77 bits per heavy atom. The molecule has 2 N–H and O–H groups in total. The van der Waals surface area contributed by atoms with Crippen LogP contribution in [0, 0.1) is 0 Å². The molecule has 70 valence electrons. The van der Waals surface area contributed by atoms with Crippen LogP contribution in [0.25, 0.3) is 0 Å². The van der Waals surface area contributed by atoms with Crippen LogP contribution in [0.5, 0.6) is 0 Å². The van der Waals surface area contributed by atoms with E-state index in [1.807, 2.05) is 0 Å². The molecule has 1 aromatic rings. The minimum atomic E-state index is 0.119. The molecule has 0 amide bonds. The molecule has 0 aliphatic carbocycles. The van der Waals surface area contributed by atoms with Gasteiger partial charge >= 0.3 is 0 Å². The molecule has 1 atom stereocenters. The molecule has 2 nitrogen and oxygen atoms in total. The molecule has 1 heterocycles. The fraction of sp³-hybridized carbons (Fsp3) is 0.455. The van der Waals surface area contributed by atoms with Gasteiger partial charge in [-0.1, -0.05) is 12.1 Å². The lowest BCUT2D eigenvalue weighted by atomic mass is 9.92. The number of fused-ring (bicyclic) bond motifs is 1. The molecule has 0 fully saturated rings. The number of benzene rings is 1. The zero-order valence-electron chi connectivity index (χ0n) is 8.39. The van der Waals surface area contributed by atoms with Crippen LogP contribution in [0.1, 0.15) is 20.8 Å². The average molecular weight is 176 g/mol. The monoisotopic (exact) mass is 176 g/mol. The van der Waals surface area contributed by atoms with Crippen molar-refractivity contribution in [2.24, 2.45) is 0 Å². The first-order valence-electron chi connectivity index (χ1n) is 4.73. The molecule has 0 unspecified atom stereocenters. The lowest BCUT2D eigenvalue weighted by molar-refractivity contribution is 0.486. The van der Waals surface area contributed by atoms with E-state index in [4.69, 9.17) is 0 Å². The molecule has 13 heavy (non-hydrogen) atoms. The largest absolute Gasteiger partial charge is 0.379 e. The fourth-order valence-electron chi connectivity index (χ4n) is 1.59. The standard InChI is InChI=1S/C11H16N2/c1-8-11(2,3)13-10-7-5-4-6-9(10)12-8/h4-8,12-13H,1-3H3/t8-/m1/s1. The summed E-state index contributed by atoms with van der Waals surface area (Å²) in [6, 6.07) is 8.77. The van der Waals surface area contributed by atoms with Gasteiger partial charge < -0.3 is 10.6 Å². The van der Waals surface area contributed by atoms with Crippen molar-refractivity contribution in [2.75, 3.05) is 10.6 Å². The fourth-order valence-corrected chi connectivity index (χ4v) is 1.59. The van der Waals surface area contributed by atoms with E-state index in [0.29, 0.717) is 6.04 Å². The summed E-state index contributed by atoms with van der Waals surface area (Å²) in [5.41, 5.74) is 2.52. The van der Waals surface area contributed by atoms with E-state index in [0.717, 1.165) is 0 Å². The van der Waals surface area contributed by atoms with Crippen LogP contribution in [-0.2, 0) is 0 Å². The Labute approximate surface area is 79.4 Å². The SMILES string of the molecule is C[C@H]1Nc2ccccc2NC1(C)C. The summed E-state index contributed by atoms with van der Waals surface area (Å²) in [6.07, 6.45) is 0. The molecule has 0 bridgehead atoms. The molecular formula is C11H16N2. The third kappa shape index (κ3) is 1.37. The second-order valence-electron chi connectivity index (χ2n) is 4.26. The first-order chi connectivity index (χ1) is 6.09. The van der Waals surface area contributed by atoms with E-state index in [1.54, 1.807) is 0 Å². The van der Waals surface area contributed by atoms with Crippen molar-refractivity contribution in [3.05, 3.63) is 24.3 Å². The molecule has 2 heteroatoms. The van der Waals surface area contributed by atoms with Crippen molar-refractivity contribution in [2.45, 2.75) is 32.4 Å². The molecule has 0 spiro atoms. The van der Waals surface area contributed by atoms with Crippen molar-refractivity contribution in [1.82, 2.24) is 0 Å². The summed E-state index contributed by atoms with van der Waals surface area (Å²) < 4.78 is 0. The quantitative estimate of drug-likeness (QED) is 0.635. The lowest BCUT2D eigenvalue weighted by Gasteiger charge is -2.40. The highest BCUT2D eigenvalue weighted by atomic mass is 15.1. The minimum Gasteiger partial charge on any atom is -0.379 e. The van der Waals surface area contributed by atoms with Gasteiger partial charge in [-0.15, -0.1) is 0 Å². The van der Waals surface area contributed by atoms with E-state index >= 15 is 0 Å². The Hall–Kier alpha value is -1.18. The zero-order chi connectivity index (χ0) is 9.47. The second-order valence-corrected chi connectivity index (χ2v) is 4.26. The highest BCUT2D eigenvalue weighted by Crippen LogP contribution is 2.32. The number of rotatable bonds is 0. The van der Waals surface area contributed by atoms with Gasteiger partial charge in [0.05, 0.1) is 16.9 Å². The number of para-hydroxylation sites is 2. The molecule has 0 aromatic heterocycles. The molecule has 1 aliphatic rings. The van der Waals surface area contributed by atoms with Crippen molar-refractivity contribution < 1.29 is 0 Å². The Bertz CT molecular complexity index is 318. The predicted octanol–water partition coefficient (Wildman–Crippen LogP) is 2.69. The van der Waals surface area contributed by atoms with Crippen LogP contribution in [-0.4, -0.2) is 11.6 Å². The van der Waals surface area contributed by atoms with Gasteiger partial charge in [-0.3, -0.25) is 0 Å². The van der Waals surface area contributed by atoms with Crippen LogP contribution < -0.4 is 10.6 Å². The predicted molar refractivity (Wildman–Crippen MR) is 57.2 cm³/mol. The Morgan fingerprint density at radius 1 is 1.15 bits per heavy atom. The van der Waals surface area contributed by atoms with E-state index in [-0.39, 0.29) is 5.54 Å². The summed E-state index contributed by atoms with van der Waals surface area (Å²) in [6.45, 7) is 6.62. The molecule has 1 aromatic carbocycles. The van der Waals surface area contributed by atoms with Crippen molar-refractivity contribution >= 4 is 11.4 Å². The van der Waals surface area contributed by atoms with Crippen molar-refractivity contribution in [1.29, 1.82) is 0 Å². The van der Waals surface area contributed by atoms with Gasteiger partial charge in [-0.25, -0.2) is 0 Å². The summed E-state index contributed by atoms with van der Waals surface area (Å²) >= 11 is 0. The first-order valence-corrected chi connectivity index (χ1v) is 4.73. The normalized spacial score (nSPS) is 24.1. The third-order valence-corrected chi connectivity index (χ3v) is 2.84. The maximum absolute atomic E-state index is 3.52. The highest BCUT2D eigenvalue weighted by Gasteiger charge is 2.30. The highest BCUT2D eigenvalue weighted by molar-refractivity contribution is 5.72. The van der Waals surface area contributed by atoms with Gasteiger partial charge in [-0.05, 0) is 32.9 Å². The van der Waals surface area contributed by atoms with Gasteiger partial charge in [0.2, 0.25) is 0 Å². The van der Waals surface area contributed by atoms with Crippen LogP contribution in [0.15, 0.2) is 24.3 Å². The summed E-state index contributed by atoms with van der Waals surface area (Å²) in [5.74, 6) is 0. The molecular weight excluding hydrogens is 160 g/mol. The maximum atomic E-state index is 3.52. The number of hydrogen-bond acceptors (Lipinski definition) is 2. The number of hydrogen-bond donors (Lipinski definition) is 2. The lowest BCUT2D eigenvalue weighted by Crippen LogP contribution is -2.49. The Balaban J connectivity index is 2.39. The number of anilines is 2. The van der Waals surface area contributed by atoms with E-state index < -0.39 is 0 Å². The molecule has 0 radical (unpaired) electrons. The summed E-state index contributed by atoms with van der Waals surface area (Å²) in [4.78, 5) is 0. The summed E-state index contributed by atoms with van der Waals surface area (Å²) in [5, 5.41) is 7.01. The van der Waals surface area contributed by atoms with Crippen LogP contribution in [0.3, 0.4) is 0 Å². The van der Waals surface area contributed by atoms with Crippen LogP contribution >= 0.6 is 0 Å². The Kier molecular flexibility index (Phi) is 1.72. The second kappa shape index (κ2) is 2.66. The first kappa shape index (κ1) is 8.42. The molecule has 0 saturated carbocycles. The average Bonchev–Trinajstić information content (AvgIpc) is 2.06. The van der Waals surface area contributed by atoms with Crippen molar-refractivity contribution in [3.8, 4) is 0 Å². The summed E-state index contributed by atoms with van der Waals surface area (Å²) in [7, 11) is 0. The zero-order valence-corrected chi connectivity index (χ0v) is 8.39. The van der Waals surface area contributed by atoms with Gasteiger partial charge in [0, 0.05) is 6.04 Å². The van der Waals surface area contributed by atoms with E-state index in [2.05, 4.69) is 55.7 Å². The van der Waals surface area contributed by atoms with Gasteiger partial charge in [0.15, 0.2) is 0 Å². The van der Waals surface area contributed by atoms with Crippen LogP contribution in [0.2, 0.25) is 0 Å².